The van der Waals surface area contributed by atoms with Gasteiger partial charge in [0.15, 0.2) is 0 Å². The zero-order chi connectivity index (χ0) is 12.8. The van der Waals surface area contributed by atoms with Crippen LogP contribution < -0.4 is 4.43 Å². The van der Waals surface area contributed by atoms with E-state index in [0.29, 0.717) is 0 Å². The molecule has 0 bridgehead atoms. The van der Waals surface area contributed by atoms with Crippen LogP contribution >= 0.6 is 0 Å². The van der Waals surface area contributed by atoms with Gasteiger partial charge in [-0.2, -0.15) is 0 Å². The Morgan fingerprint density at radius 2 is 1.78 bits per heavy atom. The van der Waals surface area contributed by atoms with Crippen LogP contribution in [-0.4, -0.2) is 8.32 Å². The average molecular weight is 253 g/mol. The molecular weight excluding hydrogens is 236 g/mol. The topological polar surface area (TPSA) is 9.23 Å². The summed E-state index contributed by atoms with van der Waals surface area (Å²) in [5.74, 6) is 0.903. The van der Waals surface area contributed by atoms with E-state index in [4.69, 9.17) is 4.43 Å². The van der Waals surface area contributed by atoms with Crippen molar-refractivity contribution in [2.45, 2.75) is 26.1 Å². The van der Waals surface area contributed by atoms with Gasteiger partial charge in [0.1, 0.15) is 5.75 Å². The Kier molecular flexibility index (Phi) is 2.56. The monoisotopic (exact) mass is 253 g/mol. The van der Waals surface area contributed by atoms with Gasteiger partial charge in [-0.15, -0.1) is 0 Å². The zero-order valence-corrected chi connectivity index (χ0v) is 12.1. The van der Waals surface area contributed by atoms with E-state index in [0.717, 1.165) is 12.2 Å². The summed E-state index contributed by atoms with van der Waals surface area (Å²) >= 11 is 0. The molecule has 0 unspecified atom stereocenters. The fourth-order valence-electron chi connectivity index (χ4n) is 2.43. The quantitative estimate of drug-likeness (QED) is 0.620. The minimum atomic E-state index is -1.54. The van der Waals surface area contributed by atoms with Crippen molar-refractivity contribution in [2.24, 2.45) is 0 Å². The molecule has 18 heavy (non-hydrogen) atoms. The van der Waals surface area contributed by atoms with Gasteiger partial charge in [0, 0.05) is 6.07 Å². The van der Waals surface area contributed by atoms with Crippen LogP contribution in [-0.2, 0) is 6.42 Å². The lowest BCUT2D eigenvalue weighted by Crippen LogP contribution is -2.29. The molecule has 1 radical (unpaired) electrons. The Morgan fingerprint density at radius 1 is 1.00 bits per heavy atom. The van der Waals surface area contributed by atoms with Crippen LogP contribution in [0.4, 0.5) is 0 Å². The summed E-state index contributed by atoms with van der Waals surface area (Å²) < 4.78 is 6.01. The molecule has 1 aliphatic rings. The zero-order valence-electron chi connectivity index (χ0n) is 11.1. The van der Waals surface area contributed by atoms with E-state index in [9.17, 15) is 0 Å². The lowest BCUT2D eigenvalue weighted by Gasteiger charge is -2.19. The maximum absolute atomic E-state index is 6.01. The number of hydrogen-bond acceptors (Lipinski definition) is 1. The summed E-state index contributed by atoms with van der Waals surface area (Å²) in [6, 6.07) is 16.3. The molecule has 91 valence electrons. The molecule has 0 aliphatic heterocycles. The van der Waals surface area contributed by atoms with Gasteiger partial charge < -0.3 is 4.43 Å². The molecule has 0 aromatic heterocycles. The first-order valence-electron chi connectivity index (χ1n) is 6.35. The van der Waals surface area contributed by atoms with Crippen LogP contribution in [0.15, 0.2) is 36.4 Å². The van der Waals surface area contributed by atoms with Gasteiger partial charge in [-0.05, 0) is 54.4 Å². The second kappa shape index (κ2) is 3.99. The van der Waals surface area contributed by atoms with E-state index in [1.165, 1.54) is 22.3 Å². The van der Waals surface area contributed by atoms with Crippen molar-refractivity contribution >= 4 is 8.32 Å². The molecule has 2 aromatic carbocycles. The molecule has 0 saturated carbocycles. The molecule has 0 N–H and O–H groups in total. The van der Waals surface area contributed by atoms with Gasteiger partial charge in [-0.3, -0.25) is 0 Å². The van der Waals surface area contributed by atoms with Crippen molar-refractivity contribution in [1.29, 1.82) is 0 Å². The highest BCUT2D eigenvalue weighted by molar-refractivity contribution is 6.70. The van der Waals surface area contributed by atoms with E-state index >= 15 is 0 Å². The molecule has 2 heteroatoms. The molecule has 0 fully saturated rings. The van der Waals surface area contributed by atoms with Crippen LogP contribution in [0.3, 0.4) is 0 Å². The second-order valence-electron chi connectivity index (χ2n) is 5.76. The third-order valence-electron chi connectivity index (χ3n) is 3.09. The SMILES string of the molecule is C[Si](C)(C)Oc1[c]c2c(cc1)-c1ccccc1C2. The normalized spacial score (nSPS) is 13.1. The van der Waals surface area contributed by atoms with Crippen molar-refractivity contribution in [3.8, 4) is 16.9 Å². The summed E-state index contributed by atoms with van der Waals surface area (Å²) in [7, 11) is -1.54. The number of rotatable bonds is 2. The summed E-state index contributed by atoms with van der Waals surface area (Å²) in [5.41, 5.74) is 5.33. The highest BCUT2D eigenvalue weighted by Crippen LogP contribution is 2.37. The predicted molar refractivity (Wildman–Crippen MR) is 77.5 cm³/mol. The van der Waals surface area contributed by atoms with Gasteiger partial charge in [0.25, 0.3) is 0 Å². The smallest absolute Gasteiger partial charge is 0.242 e. The van der Waals surface area contributed by atoms with Crippen LogP contribution in [0, 0.1) is 6.07 Å². The fraction of sp³-hybridized carbons (Fsp3) is 0.250. The number of benzene rings is 2. The van der Waals surface area contributed by atoms with Gasteiger partial charge in [-0.25, -0.2) is 0 Å². The van der Waals surface area contributed by atoms with Gasteiger partial charge in [0.05, 0.1) is 0 Å². The Labute approximate surface area is 110 Å². The van der Waals surface area contributed by atoms with E-state index in [1.807, 2.05) is 0 Å². The third kappa shape index (κ3) is 2.08. The first-order valence-corrected chi connectivity index (χ1v) is 9.76. The molecule has 0 heterocycles. The fourth-order valence-corrected chi connectivity index (χ4v) is 3.20. The molecule has 3 rings (SSSR count). The molecule has 1 nitrogen and oxygen atoms in total. The molecular formula is C16H17OSi. The minimum Gasteiger partial charge on any atom is -0.544 e. The average Bonchev–Trinajstić information content (AvgIpc) is 2.64. The maximum atomic E-state index is 6.01. The first-order chi connectivity index (χ1) is 8.53. The summed E-state index contributed by atoms with van der Waals surface area (Å²) in [6.45, 7) is 6.59. The van der Waals surface area contributed by atoms with Crippen molar-refractivity contribution < 1.29 is 4.43 Å². The molecule has 0 amide bonds. The summed E-state index contributed by atoms with van der Waals surface area (Å²) in [5, 5.41) is 0. The van der Waals surface area contributed by atoms with Crippen molar-refractivity contribution in [3.05, 3.63) is 53.6 Å². The first kappa shape index (κ1) is 11.5. The van der Waals surface area contributed by atoms with E-state index in [1.54, 1.807) is 0 Å². The minimum absolute atomic E-state index is 0.903. The van der Waals surface area contributed by atoms with Crippen molar-refractivity contribution in [2.75, 3.05) is 0 Å². The molecule has 0 atom stereocenters. The van der Waals surface area contributed by atoms with Crippen molar-refractivity contribution in [1.82, 2.24) is 0 Å². The Morgan fingerprint density at radius 3 is 2.56 bits per heavy atom. The lowest BCUT2D eigenvalue weighted by atomic mass is 10.1. The highest BCUT2D eigenvalue weighted by Gasteiger charge is 2.21. The Hall–Kier alpha value is -1.54. The predicted octanol–water partition coefficient (Wildman–Crippen LogP) is 4.27. The van der Waals surface area contributed by atoms with Gasteiger partial charge in [0.2, 0.25) is 8.32 Å². The standard InChI is InChI=1S/C16H17OSi/c1-18(2,3)17-14-8-9-16-13(11-14)10-12-6-4-5-7-15(12)16/h4-9H,10H2,1-3H3. The maximum Gasteiger partial charge on any atom is 0.242 e. The second-order valence-corrected chi connectivity index (χ2v) is 10.2. The van der Waals surface area contributed by atoms with E-state index in [2.05, 4.69) is 62.1 Å². The number of hydrogen-bond donors (Lipinski definition) is 0. The van der Waals surface area contributed by atoms with Crippen molar-refractivity contribution in [3.63, 3.8) is 0 Å². The lowest BCUT2D eigenvalue weighted by molar-refractivity contribution is 0.556. The molecule has 1 aliphatic carbocycles. The van der Waals surface area contributed by atoms with Crippen LogP contribution in [0.1, 0.15) is 11.1 Å². The molecule has 0 spiro atoms. The highest BCUT2D eigenvalue weighted by atomic mass is 28.4. The van der Waals surface area contributed by atoms with E-state index in [-0.39, 0.29) is 0 Å². The van der Waals surface area contributed by atoms with Crippen LogP contribution in [0.25, 0.3) is 11.1 Å². The van der Waals surface area contributed by atoms with Crippen LogP contribution in [0.5, 0.6) is 5.75 Å². The Bertz CT molecular complexity index is 596. The summed E-state index contributed by atoms with van der Waals surface area (Å²) in [4.78, 5) is 0. The third-order valence-corrected chi connectivity index (χ3v) is 3.92. The van der Waals surface area contributed by atoms with Crippen LogP contribution in [0.2, 0.25) is 19.6 Å². The Balaban J connectivity index is 1.98. The summed E-state index contributed by atoms with van der Waals surface area (Å²) in [6.07, 6.45) is 0.981. The van der Waals surface area contributed by atoms with Gasteiger partial charge in [-0.1, -0.05) is 30.3 Å². The van der Waals surface area contributed by atoms with E-state index < -0.39 is 8.32 Å². The molecule has 2 aromatic rings. The molecule has 0 saturated heterocycles. The number of fused-ring (bicyclic) bond motifs is 3. The van der Waals surface area contributed by atoms with Gasteiger partial charge >= 0.3 is 0 Å². The largest absolute Gasteiger partial charge is 0.544 e.